The molecule has 10 heteroatoms. The summed E-state index contributed by atoms with van der Waals surface area (Å²) < 4.78 is 18.9. The highest BCUT2D eigenvalue weighted by Gasteiger charge is 2.16. The number of anilines is 1. The smallest absolute Gasteiger partial charge is 0.282 e. The van der Waals surface area contributed by atoms with Crippen LogP contribution in [0.5, 0.6) is 17.2 Å². The van der Waals surface area contributed by atoms with Gasteiger partial charge in [0.25, 0.3) is 11.5 Å². The number of rotatable bonds is 10. The number of fused-ring (bicyclic) bond motifs is 1. The zero-order valence-corrected chi connectivity index (χ0v) is 23.7. The van der Waals surface area contributed by atoms with Crippen molar-refractivity contribution >= 4 is 44.6 Å². The van der Waals surface area contributed by atoms with Crippen LogP contribution in [0.3, 0.4) is 0 Å². The fourth-order valence-electron chi connectivity index (χ4n) is 3.91. The standard InChI is InChI=1S/C29H29BrN4O5/c1-5-6-26-33-23-12-9-20(30)15-22(23)29(36)34(26)31-16-19-13-24(37-3)28(25(14-19)38-4)39-17-27(35)32-21-10-7-18(2)8-11-21/h7-16H,5-6,17H2,1-4H3,(H,32,35). The lowest BCUT2D eigenvalue weighted by molar-refractivity contribution is -0.118. The predicted molar refractivity (Wildman–Crippen MR) is 156 cm³/mol. The average Bonchev–Trinajstić information content (AvgIpc) is 2.93. The molecule has 0 unspecified atom stereocenters. The Kier molecular flexibility index (Phi) is 8.98. The highest BCUT2D eigenvalue weighted by Crippen LogP contribution is 2.38. The summed E-state index contributed by atoms with van der Waals surface area (Å²) in [6.07, 6.45) is 2.92. The molecule has 0 atom stereocenters. The number of ether oxygens (including phenoxy) is 3. The van der Waals surface area contributed by atoms with Crippen LogP contribution in [0.2, 0.25) is 0 Å². The fourth-order valence-corrected chi connectivity index (χ4v) is 4.27. The van der Waals surface area contributed by atoms with Gasteiger partial charge in [0, 0.05) is 22.1 Å². The van der Waals surface area contributed by atoms with E-state index in [1.807, 2.05) is 50.2 Å². The van der Waals surface area contributed by atoms with Crippen molar-refractivity contribution in [3.63, 3.8) is 0 Å². The lowest BCUT2D eigenvalue weighted by atomic mass is 10.2. The van der Waals surface area contributed by atoms with E-state index in [-0.39, 0.29) is 23.8 Å². The minimum Gasteiger partial charge on any atom is -0.493 e. The number of carbonyl (C=O) groups excluding carboxylic acids is 1. The van der Waals surface area contributed by atoms with E-state index >= 15 is 0 Å². The maximum atomic E-state index is 13.3. The number of nitrogens with one attached hydrogen (secondary N) is 1. The molecule has 3 aromatic carbocycles. The summed E-state index contributed by atoms with van der Waals surface area (Å²) in [7, 11) is 2.98. The molecule has 0 bridgehead atoms. The number of aryl methyl sites for hydroxylation is 2. The predicted octanol–water partition coefficient (Wildman–Crippen LogP) is 5.34. The van der Waals surface area contributed by atoms with Gasteiger partial charge in [-0.1, -0.05) is 40.5 Å². The zero-order valence-electron chi connectivity index (χ0n) is 22.2. The maximum Gasteiger partial charge on any atom is 0.282 e. The lowest BCUT2D eigenvalue weighted by Crippen LogP contribution is -2.22. The van der Waals surface area contributed by atoms with Gasteiger partial charge in [0.05, 0.1) is 31.3 Å². The summed E-state index contributed by atoms with van der Waals surface area (Å²) in [5.74, 6) is 1.21. The number of benzene rings is 3. The molecule has 0 aliphatic heterocycles. The number of amides is 1. The first-order chi connectivity index (χ1) is 18.8. The van der Waals surface area contributed by atoms with Gasteiger partial charge in [-0.2, -0.15) is 9.78 Å². The summed E-state index contributed by atoms with van der Waals surface area (Å²) in [4.78, 5) is 30.4. The van der Waals surface area contributed by atoms with Crippen molar-refractivity contribution in [3.8, 4) is 17.2 Å². The van der Waals surface area contributed by atoms with Gasteiger partial charge in [0.15, 0.2) is 18.1 Å². The van der Waals surface area contributed by atoms with Crippen LogP contribution in [0.1, 0.15) is 30.3 Å². The highest BCUT2D eigenvalue weighted by atomic mass is 79.9. The van der Waals surface area contributed by atoms with Crippen LogP contribution in [0.25, 0.3) is 10.9 Å². The van der Waals surface area contributed by atoms with Crippen LogP contribution in [0.4, 0.5) is 5.69 Å². The van der Waals surface area contributed by atoms with Crippen molar-refractivity contribution in [1.82, 2.24) is 9.66 Å². The van der Waals surface area contributed by atoms with E-state index in [2.05, 4.69) is 31.3 Å². The van der Waals surface area contributed by atoms with Gasteiger partial charge >= 0.3 is 0 Å². The van der Waals surface area contributed by atoms with Gasteiger partial charge in [-0.3, -0.25) is 9.59 Å². The Balaban J connectivity index is 1.60. The first kappa shape index (κ1) is 27.8. The third kappa shape index (κ3) is 6.64. The van der Waals surface area contributed by atoms with Gasteiger partial charge in [0.1, 0.15) is 5.82 Å². The second-order valence-electron chi connectivity index (χ2n) is 8.76. The second kappa shape index (κ2) is 12.6. The van der Waals surface area contributed by atoms with Crippen LogP contribution < -0.4 is 25.1 Å². The molecule has 0 radical (unpaired) electrons. The molecule has 0 aliphatic carbocycles. The van der Waals surface area contributed by atoms with E-state index in [4.69, 9.17) is 14.2 Å². The van der Waals surface area contributed by atoms with Crippen molar-refractivity contribution in [2.45, 2.75) is 26.7 Å². The topological polar surface area (TPSA) is 104 Å². The summed E-state index contributed by atoms with van der Waals surface area (Å²) >= 11 is 3.42. The van der Waals surface area contributed by atoms with Crippen LogP contribution in [-0.2, 0) is 11.2 Å². The Morgan fingerprint density at radius 1 is 1.08 bits per heavy atom. The first-order valence-electron chi connectivity index (χ1n) is 12.3. The van der Waals surface area contributed by atoms with Gasteiger partial charge in [0.2, 0.25) is 5.75 Å². The molecule has 1 amide bonds. The van der Waals surface area contributed by atoms with E-state index in [1.165, 1.54) is 25.1 Å². The molecule has 1 aromatic heterocycles. The average molecular weight is 593 g/mol. The van der Waals surface area contributed by atoms with Crippen molar-refractivity contribution in [2.24, 2.45) is 5.10 Å². The monoisotopic (exact) mass is 592 g/mol. The minimum absolute atomic E-state index is 0.248. The first-order valence-corrected chi connectivity index (χ1v) is 13.1. The van der Waals surface area contributed by atoms with Crippen LogP contribution >= 0.6 is 15.9 Å². The molecule has 0 fully saturated rings. The SMILES string of the molecule is CCCc1nc2ccc(Br)cc2c(=O)n1N=Cc1cc(OC)c(OCC(=O)Nc2ccc(C)cc2)c(OC)c1. The van der Waals surface area contributed by atoms with E-state index in [0.717, 1.165) is 16.5 Å². The molecular formula is C29H29BrN4O5. The second-order valence-corrected chi connectivity index (χ2v) is 9.67. The van der Waals surface area contributed by atoms with Crippen molar-refractivity contribution in [2.75, 3.05) is 26.1 Å². The number of hydrogen-bond acceptors (Lipinski definition) is 7. The molecule has 0 saturated heterocycles. The Hall–Kier alpha value is -4.18. The van der Waals surface area contributed by atoms with Gasteiger partial charge in [-0.25, -0.2) is 4.98 Å². The largest absolute Gasteiger partial charge is 0.493 e. The molecule has 4 aromatic rings. The molecule has 1 heterocycles. The normalized spacial score (nSPS) is 11.1. The van der Waals surface area contributed by atoms with E-state index in [1.54, 1.807) is 18.2 Å². The maximum absolute atomic E-state index is 13.3. The summed E-state index contributed by atoms with van der Waals surface area (Å²) in [5.41, 5.74) is 2.73. The molecule has 4 rings (SSSR count). The Labute approximate surface area is 234 Å². The third-order valence-electron chi connectivity index (χ3n) is 5.84. The van der Waals surface area contributed by atoms with Crippen LogP contribution in [-0.4, -0.2) is 42.6 Å². The van der Waals surface area contributed by atoms with Crippen molar-refractivity contribution < 1.29 is 19.0 Å². The van der Waals surface area contributed by atoms with Gasteiger partial charge in [-0.15, -0.1) is 0 Å². The molecule has 202 valence electrons. The molecule has 0 aliphatic rings. The summed E-state index contributed by atoms with van der Waals surface area (Å²) in [5, 5.41) is 7.72. The third-order valence-corrected chi connectivity index (χ3v) is 6.33. The Morgan fingerprint density at radius 3 is 2.41 bits per heavy atom. The van der Waals surface area contributed by atoms with E-state index in [9.17, 15) is 9.59 Å². The number of methoxy groups -OCH3 is 2. The van der Waals surface area contributed by atoms with Crippen molar-refractivity contribution in [3.05, 3.63) is 86.4 Å². The number of nitrogens with zero attached hydrogens (tertiary/aromatic N) is 3. The molecule has 1 N–H and O–H groups in total. The number of aromatic nitrogens is 2. The number of hydrogen-bond donors (Lipinski definition) is 1. The molecule has 39 heavy (non-hydrogen) atoms. The lowest BCUT2D eigenvalue weighted by Gasteiger charge is -2.15. The number of carbonyl (C=O) groups is 1. The number of halogens is 1. The molecule has 9 nitrogen and oxygen atoms in total. The fraction of sp³-hybridized carbons (Fsp3) is 0.241. The van der Waals surface area contributed by atoms with E-state index in [0.29, 0.717) is 45.9 Å². The molecule has 0 saturated carbocycles. The molecular weight excluding hydrogens is 564 g/mol. The highest BCUT2D eigenvalue weighted by molar-refractivity contribution is 9.10. The van der Waals surface area contributed by atoms with Crippen LogP contribution in [0, 0.1) is 6.92 Å². The van der Waals surface area contributed by atoms with Crippen molar-refractivity contribution in [1.29, 1.82) is 0 Å². The Morgan fingerprint density at radius 2 is 1.77 bits per heavy atom. The van der Waals surface area contributed by atoms with Crippen LogP contribution in [0.15, 0.2) is 69.0 Å². The summed E-state index contributed by atoms with van der Waals surface area (Å²) in [6.45, 7) is 3.74. The zero-order chi connectivity index (χ0) is 27.9. The molecule has 0 spiro atoms. The van der Waals surface area contributed by atoms with E-state index < -0.39 is 0 Å². The quantitative estimate of drug-likeness (QED) is 0.249. The van der Waals surface area contributed by atoms with Gasteiger partial charge < -0.3 is 19.5 Å². The summed E-state index contributed by atoms with van der Waals surface area (Å²) in [6, 6.07) is 16.2. The minimum atomic E-state index is -0.327. The van der Waals surface area contributed by atoms with Gasteiger partial charge in [-0.05, 0) is 55.8 Å². The Bertz CT molecular complexity index is 1560.